The van der Waals surface area contributed by atoms with E-state index in [0.29, 0.717) is 22.7 Å². The van der Waals surface area contributed by atoms with Gasteiger partial charge in [-0.15, -0.1) is 0 Å². The average molecular weight is 277 g/mol. The van der Waals surface area contributed by atoms with E-state index in [1.54, 1.807) is 6.07 Å². The van der Waals surface area contributed by atoms with Crippen LogP contribution in [0, 0.1) is 12.7 Å². The maximum atomic E-state index is 13.3. The van der Waals surface area contributed by atoms with Gasteiger partial charge in [0.1, 0.15) is 11.3 Å². The minimum absolute atomic E-state index is 0.210. The van der Waals surface area contributed by atoms with Gasteiger partial charge in [0.15, 0.2) is 5.58 Å². The number of oxazole rings is 1. The second kappa shape index (κ2) is 4.24. The minimum atomic E-state index is -0.439. The minimum Gasteiger partial charge on any atom is -0.434 e. The molecule has 0 aliphatic carbocycles. The van der Waals surface area contributed by atoms with Crippen molar-refractivity contribution in [2.75, 3.05) is 5.73 Å². The molecule has 0 saturated heterocycles. The van der Waals surface area contributed by atoms with Gasteiger partial charge in [0.05, 0.1) is 5.02 Å². The van der Waals surface area contributed by atoms with Gasteiger partial charge in [-0.3, -0.25) is 0 Å². The highest BCUT2D eigenvalue weighted by atomic mass is 35.5. The van der Waals surface area contributed by atoms with Crippen LogP contribution in [0.15, 0.2) is 34.7 Å². The number of nitrogen functional groups attached to an aromatic ring is 1. The number of fused-ring (bicyclic) bond motifs is 1. The third-order valence-corrected chi connectivity index (χ3v) is 3.17. The van der Waals surface area contributed by atoms with Gasteiger partial charge in [-0.1, -0.05) is 11.6 Å². The summed E-state index contributed by atoms with van der Waals surface area (Å²) in [7, 11) is 0. The van der Waals surface area contributed by atoms with Gasteiger partial charge in [0.25, 0.3) is 0 Å². The molecule has 1 aromatic heterocycles. The van der Waals surface area contributed by atoms with Gasteiger partial charge in [-0.05, 0) is 36.8 Å². The van der Waals surface area contributed by atoms with E-state index < -0.39 is 5.82 Å². The Labute approximate surface area is 113 Å². The van der Waals surface area contributed by atoms with Crippen LogP contribution in [0.25, 0.3) is 22.6 Å². The first-order valence-corrected chi connectivity index (χ1v) is 6.04. The molecule has 0 spiro atoms. The summed E-state index contributed by atoms with van der Waals surface area (Å²) in [5.41, 5.74) is 8.89. The smallest absolute Gasteiger partial charge is 0.227 e. The summed E-state index contributed by atoms with van der Waals surface area (Å²) in [6.07, 6.45) is 0. The van der Waals surface area contributed by atoms with Crippen molar-refractivity contribution in [2.45, 2.75) is 6.92 Å². The first-order chi connectivity index (χ1) is 9.04. The fourth-order valence-corrected chi connectivity index (χ4v) is 2.24. The Hall–Kier alpha value is -2.07. The topological polar surface area (TPSA) is 52.0 Å². The third-order valence-electron chi connectivity index (χ3n) is 2.89. The largest absolute Gasteiger partial charge is 0.434 e. The number of halogens is 2. The van der Waals surface area contributed by atoms with Crippen LogP contribution in [0.2, 0.25) is 5.02 Å². The number of aromatic nitrogens is 1. The first-order valence-electron chi connectivity index (χ1n) is 5.66. The molecule has 0 saturated carbocycles. The van der Waals surface area contributed by atoms with E-state index in [1.807, 2.05) is 19.1 Å². The molecule has 0 aliphatic rings. The van der Waals surface area contributed by atoms with Crippen LogP contribution in [0.3, 0.4) is 0 Å². The van der Waals surface area contributed by atoms with Gasteiger partial charge in [-0.25, -0.2) is 9.37 Å². The van der Waals surface area contributed by atoms with Crippen LogP contribution in [0.4, 0.5) is 10.1 Å². The number of hydrogen-bond acceptors (Lipinski definition) is 3. The summed E-state index contributed by atoms with van der Waals surface area (Å²) in [6, 6.07) is 7.90. The molecule has 0 unspecified atom stereocenters. The fraction of sp³-hybridized carbons (Fsp3) is 0.0714. The van der Waals surface area contributed by atoms with Gasteiger partial charge < -0.3 is 10.2 Å². The van der Waals surface area contributed by atoms with Gasteiger partial charge >= 0.3 is 0 Å². The van der Waals surface area contributed by atoms with Crippen molar-refractivity contribution in [2.24, 2.45) is 0 Å². The molecular weight excluding hydrogens is 267 g/mol. The first kappa shape index (κ1) is 12.0. The Morgan fingerprint density at radius 1 is 1.26 bits per heavy atom. The second-order valence-corrected chi connectivity index (χ2v) is 4.74. The molecule has 96 valence electrons. The van der Waals surface area contributed by atoms with Crippen LogP contribution in [0.1, 0.15) is 5.56 Å². The van der Waals surface area contributed by atoms with Crippen LogP contribution >= 0.6 is 11.6 Å². The molecule has 19 heavy (non-hydrogen) atoms. The van der Waals surface area contributed by atoms with Crippen LogP contribution in [-0.2, 0) is 0 Å². The molecule has 0 atom stereocenters. The Bertz CT molecular complexity index is 782. The lowest BCUT2D eigenvalue weighted by Gasteiger charge is -2.01. The number of hydrogen-bond donors (Lipinski definition) is 1. The van der Waals surface area contributed by atoms with Gasteiger partial charge in [0.2, 0.25) is 5.89 Å². The lowest BCUT2D eigenvalue weighted by Crippen LogP contribution is -1.88. The lowest BCUT2D eigenvalue weighted by molar-refractivity contribution is 0.614. The SMILES string of the molecule is Cc1cc(N)ccc1-c1nc2cc(F)cc(Cl)c2o1. The highest BCUT2D eigenvalue weighted by molar-refractivity contribution is 6.34. The molecule has 0 aliphatic heterocycles. The maximum Gasteiger partial charge on any atom is 0.227 e. The molecule has 5 heteroatoms. The van der Waals surface area contributed by atoms with Crippen LogP contribution in [-0.4, -0.2) is 4.98 Å². The molecule has 3 nitrogen and oxygen atoms in total. The van der Waals surface area contributed by atoms with E-state index in [1.165, 1.54) is 12.1 Å². The quantitative estimate of drug-likeness (QED) is 0.678. The predicted molar refractivity (Wildman–Crippen MR) is 73.6 cm³/mol. The zero-order valence-electron chi connectivity index (χ0n) is 10.1. The highest BCUT2D eigenvalue weighted by Gasteiger charge is 2.14. The van der Waals surface area contributed by atoms with Gasteiger partial charge in [0, 0.05) is 17.3 Å². The summed E-state index contributed by atoms with van der Waals surface area (Å²) in [5, 5.41) is 0.210. The molecular formula is C14H10ClFN2O. The number of rotatable bonds is 1. The second-order valence-electron chi connectivity index (χ2n) is 4.33. The molecule has 2 aromatic carbocycles. The Balaban J connectivity index is 2.23. The molecule has 1 heterocycles. The summed E-state index contributed by atoms with van der Waals surface area (Å²) < 4.78 is 18.9. The van der Waals surface area contributed by atoms with E-state index in [9.17, 15) is 4.39 Å². The molecule has 3 aromatic rings. The normalized spacial score (nSPS) is 11.1. The van der Waals surface area contributed by atoms with Crippen molar-refractivity contribution in [3.63, 3.8) is 0 Å². The zero-order valence-corrected chi connectivity index (χ0v) is 10.8. The van der Waals surface area contributed by atoms with Crippen molar-refractivity contribution >= 4 is 28.4 Å². The summed E-state index contributed by atoms with van der Waals surface area (Å²) in [6.45, 7) is 1.91. The van der Waals surface area contributed by atoms with Crippen molar-refractivity contribution in [3.8, 4) is 11.5 Å². The van der Waals surface area contributed by atoms with Crippen molar-refractivity contribution in [1.82, 2.24) is 4.98 Å². The Morgan fingerprint density at radius 3 is 2.79 bits per heavy atom. The predicted octanol–water partition coefficient (Wildman–Crippen LogP) is 4.18. The number of anilines is 1. The molecule has 0 fully saturated rings. The molecule has 2 N–H and O–H groups in total. The van der Waals surface area contributed by atoms with Crippen molar-refractivity contribution in [1.29, 1.82) is 0 Å². The lowest BCUT2D eigenvalue weighted by atomic mass is 10.1. The summed E-state index contributed by atoms with van der Waals surface area (Å²) >= 11 is 5.93. The standard InChI is InChI=1S/C14H10ClFN2O/c1-7-4-9(17)2-3-10(7)14-18-12-6-8(16)5-11(15)13(12)19-14/h2-6H,17H2,1H3. The summed E-state index contributed by atoms with van der Waals surface area (Å²) in [5.74, 6) is -0.0358. The van der Waals surface area contributed by atoms with E-state index >= 15 is 0 Å². The van der Waals surface area contributed by atoms with Crippen molar-refractivity contribution in [3.05, 3.63) is 46.7 Å². The number of nitrogens with two attached hydrogens (primary N) is 1. The molecule has 0 radical (unpaired) electrons. The van der Waals surface area contributed by atoms with E-state index in [2.05, 4.69) is 4.98 Å². The van der Waals surface area contributed by atoms with Crippen LogP contribution < -0.4 is 5.73 Å². The van der Waals surface area contributed by atoms with Crippen LogP contribution in [0.5, 0.6) is 0 Å². The zero-order chi connectivity index (χ0) is 13.6. The number of aryl methyl sites for hydroxylation is 1. The Morgan fingerprint density at radius 2 is 2.05 bits per heavy atom. The molecule has 3 rings (SSSR count). The highest BCUT2D eigenvalue weighted by Crippen LogP contribution is 2.31. The molecule has 0 amide bonds. The van der Waals surface area contributed by atoms with Crippen molar-refractivity contribution < 1.29 is 8.81 Å². The number of benzene rings is 2. The van der Waals surface area contributed by atoms with E-state index in [-0.39, 0.29) is 5.02 Å². The van der Waals surface area contributed by atoms with Gasteiger partial charge in [-0.2, -0.15) is 0 Å². The Kier molecular flexibility index (Phi) is 2.68. The summed E-state index contributed by atoms with van der Waals surface area (Å²) in [4.78, 5) is 4.26. The maximum absolute atomic E-state index is 13.3. The fourth-order valence-electron chi connectivity index (χ4n) is 2.00. The van der Waals surface area contributed by atoms with E-state index in [0.717, 1.165) is 11.1 Å². The van der Waals surface area contributed by atoms with E-state index in [4.69, 9.17) is 21.8 Å². The molecule has 0 bridgehead atoms. The monoisotopic (exact) mass is 276 g/mol. The third kappa shape index (κ3) is 2.04. The number of nitrogens with zero attached hydrogens (tertiary/aromatic N) is 1. The average Bonchev–Trinajstić information content (AvgIpc) is 2.72.